The molecular weight excluding hydrogens is 551 g/mol. The largest absolute Gasteiger partial charge is 0.756 e. The predicted molar refractivity (Wildman–Crippen MR) is 173 cm³/mol. The van der Waals surface area contributed by atoms with Gasteiger partial charge in [0.05, 0.1) is 39.9 Å². The van der Waals surface area contributed by atoms with E-state index in [0.29, 0.717) is 23.9 Å². The quantitative estimate of drug-likeness (QED) is 0.0426. The number of unbranched alkanes of at least 4 members (excludes halogenated alkanes) is 11. The van der Waals surface area contributed by atoms with Gasteiger partial charge in [0.1, 0.15) is 13.2 Å². The Morgan fingerprint density at radius 1 is 0.810 bits per heavy atom. The van der Waals surface area contributed by atoms with Crippen molar-refractivity contribution in [1.29, 1.82) is 0 Å². The van der Waals surface area contributed by atoms with Gasteiger partial charge in [-0.2, -0.15) is 0 Å². The summed E-state index contributed by atoms with van der Waals surface area (Å²) in [5.41, 5.74) is 0. The molecule has 0 aromatic rings. The number of aliphatic hydroxyl groups excluding tert-OH is 1. The van der Waals surface area contributed by atoms with Gasteiger partial charge >= 0.3 is 0 Å². The van der Waals surface area contributed by atoms with E-state index in [4.69, 9.17) is 9.05 Å². The van der Waals surface area contributed by atoms with Crippen molar-refractivity contribution in [2.45, 2.75) is 129 Å². The van der Waals surface area contributed by atoms with E-state index in [2.05, 4.69) is 36.5 Å². The first-order valence-corrected chi connectivity index (χ1v) is 17.8. The minimum Gasteiger partial charge on any atom is -0.756 e. The van der Waals surface area contributed by atoms with E-state index in [1.807, 2.05) is 34.1 Å². The SMILES string of the molecule is CCCCCCCCCC/C=C/CC/C=C/CC/C=C/C(O)C(COP(=O)([O-])OCC[N+](C)(C)C)NC(=O)CCCC. The van der Waals surface area contributed by atoms with Crippen LogP contribution in [0.5, 0.6) is 0 Å². The van der Waals surface area contributed by atoms with Crippen molar-refractivity contribution in [2.24, 2.45) is 0 Å². The van der Waals surface area contributed by atoms with Crippen molar-refractivity contribution < 1.29 is 32.9 Å². The molecule has 1 amide bonds. The summed E-state index contributed by atoms with van der Waals surface area (Å²) in [6, 6.07) is -0.900. The number of likely N-dealkylation sites (N-methyl/N-ethyl adjacent to an activating group) is 1. The minimum atomic E-state index is -4.56. The first-order chi connectivity index (χ1) is 20.0. The number of nitrogens with one attached hydrogen (secondary N) is 1. The zero-order valence-electron chi connectivity index (χ0n) is 27.4. The second-order valence-corrected chi connectivity index (χ2v) is 13.6. The molecule has 0 aromatic heterocycles. The van der Waals surface area contributed by atoms with Crippen molar-refractivity contribution in [2.75, 3.05) is 40.9 Å². The van der Waals surface area contributed by atoms with Gasteiger partial charge < -0.3 is 28.8 Å². The fourth-order valence-electron chi connectivity index (χ4n) is 4.10. The van der Waals surface area contributed by atoms with Gasteiger partial charge in [0.15, 0.2) is 0 Å². The minimum absolute atomic E-state index is 0.0105. The molecule has 246 valence electrons. The van der Waals surface area contributed by atoms with E-state index in [1.165, 1.54) is 57.8 Å². The molecule has 0 heterocycles. The van der Waals surface area contributed by atoms with Crippen molar-refractivity contribution in [3.05, 3.63) is 36.5 Å². The van der Waals surface area contributed by atoms with Gasteiger partial charge in [0.25, 0.3) is 7.82 Å². The van der Waals surface area contributed by atoms with Crippen LogP contribution in [0.25, 0.3) is 0 Å². The Bertz CT molecular complexity index is 794. The molecular formula is C33H63N2O6P. The average molecular weight is 615 g/mol. The second-order valence-electron chi connectivity index (χ2n) is 12.1. The maximum absolute atomic E-state index is 12.3. The molecule has 3 unspecified atom stereocenters. The zero-order valence-corrected chi connectivity index (χ0v) is 28.3. The van der Waals surface area contributed by atoms with E-state index in [9.17, 15) is 19.4 Å². The molecule has 0 saturated carbocycles. The van der Waals surface area contributed by atoms with Gasteiger partial charge in [-0.1, -0.05) is 102 Å². The number of allylic oxidation sites excluding steroid dienone is 5. The van der Waals surface area contributed by atoms with Gasteiger partial charge in [-0.15, -0.1) is 0 Å². The summed E-state index contributed by atoms with van der Waals surface area (Å²) >= 11 is 0. The fraction of sp³-hybridized carbons (Fsp3) is 0.788. The van der Waals surface area contributed by atoms with Crippen LogP contribution in [0.3, 0.4) is 0 Å². The van der Waals surface area contributed by atoms with Gasteiger partial charge in [-0.25, -0.2) is 0 Å². The number of phosphoric ester groups is 1. The highest BCUT2D eigenvalue weighted by molar-refractivity contribution is 7.45. The molecule has 0 radical (unpaired) electrons. The topological polar surface area (TPSA) is 108 Å². The molecule has 3 atom stereocenters. The maximum atomic E-state index is 12.3. The van der Waals surface area contributed by atoms with Crippen molar-refractivity contribution in [1.82, 2.24) is 5.32 Å². The van der Waals surface area contributed by atoms with Gasteiger partial charge in [0.2, 0.25) is 5.91 Å². The summed E-state index contributed by atoms with van der Waals surface area (Å²) in [5.74, 6) is -0.251. The van der Waals surface area contributed by atoms with Crippen LogP contribution in [-0.4, -0.2) is 68.5 Å². The first-order valence-electron chi connectivity index (χ1n) is 16.4. The molecule has 2 N–H and O–H groups in total. The summed E-state index contributed by atoms with van der Waals surface area (Å²) in [6.45, 7) is 4.32. The Balaban J connectivity index is 4.37. The van der Waals surface area contributed by atoms with Crippen molar-refractivity contribution >= 4 is 13.7 Å². The van der Waals surface area contributed by atoms with Crippen LogP contribution in [0.15, 0.2) is 36.5 Å². The van der Waals surface area contributed by atoms with Crippen LogP contribution in [-0.2, 0) is 18.4 Å². The van der Waals surface area contributed by atoms with Crippen molar-refractivity contribution in [3.8, 4) is 0 Å². The van der Waals surface area contributed by atoms with E-state index >= 15 is 0 Å². The van der Waals surface area contributed by atoms with Crippen molar-refractivity contribution in [3.63, 3.8) is 0 Å². The first kappa shape index (κ1) is 40.7. The third kappa shape index (κ3) is 27.5. The Kier molecular flexibility index (Phi) is 25.4. The van der Waals surface area contributed by atoms with Gasteiger partial charge in [0, 0.05) is 6.42 Å². The molecule has 0 aliphatic carbocycles. The van der Waals surface area contributed by atoms with E-state index in [-0.39, 0.29) is 12.5 Å². The van der Waals surface area contributed by atoms with Gasteiger partial charge in [-0.3, -0.25) is 9.36 Å². The maximum Gasteiger partial charge on any atom is 0.268 e. The number of aliphatic hydroxyl groups is 1. The summed E-state index contributed by atoms with van der Waals surface area (Å²) in [5, 5.41) is 13.4. The highest BCUT2D eigenvalue weighted by atomic mass is 31.2. The Hall–Kier alpha value is -1.28. The van der Waals surface area contributed by atoms with Crippen LogP contribution in [0.2, 0.25) is 0 Å². The third-order valence-corrected chi connectivity index (χ3v) is 7.79. The number of hydrogen-bond donors (Lipinski definition) is 2. The number of carbonyl (C=O) groups is 1. The van der Waals surface area contributed by atoms with E-state index in [0.717, 1.165) is 32.1 Å². The molecule has 0 spiro atoms. The molecule has 0 aliphatic rings. The normalized spacial score (nSPS) is 15.5. The molecule has 0 aliphatic heterocycles. The molecule has 0 bridgehead atoms. The molecule has 0 fully saturated rings. The van der Waals surface area contributed by atoms with Crippen LogP contribution in [0, 0.1) is 0 Å². The monoisotopic (exact) mass is 614 g/mol. The summed E-state index contributed by atoms with van der Waals surface area (Å²) in [4.78, 5) is 24.5. The Morgan fingerprint density at radius 2 is 1.33 bits per heavy atom. The van der Waals surface area contributed by atoms with Crippen LogP contribution < -0.4 is 10.2 Å². The summed E-state index contributed by atoms with van der Waals surface area (Å²) in [6.07, 6.45) is 28.7. The van der Waals surface area contributed by atoms with Crippen LogP contribution >= 0.6 is 7.82 Å². The summed E-state index contributed by atoms with van der Waals surface area (Å²) < 4.78 is 22.7. The second kappa shape index (κ2) is 26.2. The Labute approximate surface area is 257 Å². The van der Waals surface area contributed by atoms with Gasteiger partial charge in [-0.05, 0) is 44.9 Å². The molecule has 0 aromatic carbocycles. The lowest BCUT2D eigenvalue weighted by Crippen LogP contribution is -2.45. The lowest BCUT2D eigenvalue weighted by atomic mass is 10.1. The van der Waals surface area contributed by atoms with E-state index < -0.39 is 26.6 Å². The number of phosphoric acid groups is 1. The lowest BCUT2D eigenvalue weighted by molar-refractivity contribution is -0.870. The highest BCUT2D eigenvalue weighted by Crippen LogP contribution is 2.38. The predicted octanol–water partition coefficient (Wildman–Crippen LogP) is 6.99. The van der Waals surface area contributed by atoms with Crippen LogP contribution in [0.4, 0.5) is 0 Å². The molecule has 42 heavy (non-hydrogen) atoms. The molecule has 8 nitrogen and oxygen atoms in total. The zero-order chi connectivity index (χ0) is 31.5. The third-order valence-electron chi connectivity index (χ3n) is 6.83. The smallest absolute Gasteiger partial charge is 0.268 e. The van der Waals surface area contributed by atoms with E-state index in [1.54, 1.807) is 6.08 Å². The lowest BCUT2D eigenvalue weighted by Gasteiger charge is -2.29. The average Bonchev–Trinajstić information content (AvgIpc) is 2.92. The van der Waals surface area contributed by atoms with Crippen LogP contribution in [0.1, 0.15) is 117 Å². The highest BCUT2D eigenvalue weighted by Gasteiger charge is 2.23. The number of hydrogen-bond acceptors (Lipinski definition) is 6. The number of amides is 1. The number of quaternary nitrogens is 1. The number of carbonyl (C=O) groups excluding carboxylic acids is 1. The molecule has 9 heteroatoms. The number of nitrogens with zero attached hydrogens (tertiary/aromatic N) is 1. The number of rotatable bonds is 28. The Morgan fingerprint density at radius 3 is 1.90 bits per heavy atom. The standard InChI is InChI=1S/C33H63N2O6P/c1-6-8-10-11-12-13-14-15-16-17-18-19-20-21-22-23-24-25-26-32(36)31(34-33(37)27-9-7-2)30-41-42(38,39)40-29-28-35(3,4)5/h17-18,21-22,25-26,31-32,36H,6-16,19-20,23-24,27-30H2,1-5H3,(H-,34,37,38,39)/b18-17+,22-21+,26-25+. The summed E-state index contributed by atoms with van der Waals surface area (Å²) in [7, 11) is 1.22. The molecule has 0 rings (SSSR count). The fourth-order valence-corrected chi connectivity index (χ4v) is 4.82. The molecule has 0 saturated heterocycles.